The van der Waals surface area contributed by atoms with Crippen molar-refractivity contribution in [1.82, 2.24) is 0 Å². The summed E-state index contributed by atoms with van der Waals surface area (Å²) in [6.45, 7) is 2.86. The van der Waals surface area contributed by atoms with Crippen molar-refractivity contribution in [2.45, 2.75) is 20.1 Å². The van der Waals surface area contributed by atoms with Crippen molar-refractivity contribution in [3.05, 3.63) is 58.7 Å². The fourth-order valence-corrected chi connectivity index (χ4v) is 2.04. The monoisotopic (exact) mass is 282 g/mol. The Morgan fingerprint density at radius 3 is 2.57 bits per heavy atom. The zero-order chi connectivity index (χ0) is 15.2. The molecular formula is C17H18N2O2. The summed E-state index contributed by atoms with van der Waals surface area (Å²) in [7, 11) is 1.61. The number of nitrogens with zero attached hydrogens (tertiary/aromatic N) is 1. The van der Waals surface area contributed by atoms with Crippen LogP contribution in [0, 0.1) is 18.3 Å². The number of nitrogens with two attached hydrogens (primary N) is 1. The number of ether oxygens (including phenoxy) is 2. The highest BCUT2D eigenvalue weighted by molar-refractivity contribution is 5.43. The molecule has 2 rings (SSSR count). The Bertz CT molecular complexity index is 675. The van der Waals surface area contributed by atoms with E-state index in [1.54, 1.807) is 13.2 Å². The molecule has 0 aliphatic heterocycles. The van der Waals surface area contributed by atoms with Gasteiger partial charge in [-0.25, -0.2) is 0 Å². The fraction of sp³-hybridized carbons (Fsp3) is 0.235. The van der Waals surface area contributed by atoms with Gasteiger partial charge in [-0.3, -0.25) is 0 Å². The average molecular weight is 282 g/mol. The number of hydrogen-bond acceptors (Lipinski definition) is 4. The molecule has 0 aromatic heterocycles. The van der Waals surface area contributed by atoms with Crippen molar-refractivity contribution < 1.29 is 9.47 Å². The van der Waals surface area contributed by atoms with Crippen molar-refractivity contribution in [3.63, 3.8) is 0 Å². The van der Waals surface area contributed by atoms with E-state index in [0.29, 0.717) is 30.2 Å². The van der Waals surface area contributed by atoms with E-state index >= 15 is 0 Å². The summed E-state index contributed by atoms with van der Waals surface area (Å²) in [5.41, 5.74) is 9.34. The molecule has 0 aliphatic rings. The first kappa shape index (κ1) is 14.9. The average Bonchev–Trinajstić information content (AvgIpc) is 2.53. The smallest absolute Gasteiger partial charge is 0.161 e. The third-order valence-corrected chi connectivity index (χ3v) is 3.32. The normalized spacial score (nSPS) is 10.0. The molecule has 108 valence electrons. The first-order valence-corrected chi connectivity index (χ1v) is 6.67. The molecule has 0 heterocycles. The molecule has 0 saturated carbocycles. The van der Waals surface area contributed by atoms with Gasteiger partial charge in [-0.05, 0) is 47.9 Å². The Morgan fingerprint density at radius 2 is 1.95 bits per heavy atom. The predicted octanol–water partition coefficient (Wildman–Crippen LogP) is 2.91. The fourth-order valence-electron chi connectivity index (χ4n) is 2.04. The summed E-state index contributed by atoms with van der Waals surface area (Å²) in [4.78, 5) is 0. The van der Waals surface area contributed by atoms with Crippen LogP contribution in [0.3, 0.4) is 0 Å². The van der Waals surface area contributed by atoms with Gasteiger partial charge < -0.3 is 15.2 Å². The van der Waals surface area contributed by atoms with Crippen molar-refractivity contribution in [1.29, 1.82) is 5.26 Å². The van der Waals surface area contributed by atoms with Crippen LogP contribution >= 0.6 is 0 Å². The summed E-state index contributed by atoms with van der Waals surface area (Å²) in [6.07, 6.45) is 0. The second-order valence-electron chi connectivity index (χ2n) is 4.73. The van der Waals surface area contributed by atoms with Crippen molar-refractivity contribution in [3.8, 4) is 17.6 Å². The second kappa shape index (κ2) is 6.78. The number of rotatable bonds is 5. The number of benzene rings is 2. The lowest BCUT2D eigenvalue weighted by Gasteiger charge is -2.13. The third-order valence-electron chi connectivity index (χ3n) is 3.32. The highest BCUT2D eigenvalue weighted by Crippen LogP contribution is 2.29. The van der Waals surface area contributed by atoms with E-state index in [4.69, 9.17) is 20.5 Å². The van der Waals surface area contributed by atoms with Crippen LogP contribution < -0.4 is 15.2 Å². The van der Waals surface area contributed by atoms with E-state index < -0.39 is 0 Å². The lowest BCUT2D eigenvalue weighted by molar-refractivity contribution is 0.283. The summed E-state index contributed by atoms with van der Waals surface area (Å²) in [6, 6.07) is 13.3. The molecule has 0 fully saturated rings. The van der Waals surface area contributed by atoms with Crippen LogP contribution in [0.1, 0.15) is 22.3 Å². The third kappa shape index (κ3) is 3.53. The van der Waals surface area contributed by atoms with Crippen molar-refractivity contribution in [2.24, 2.45) is 5.73 Å². The van der Waals surface area contributed by atoms with Crippen LogP contribution in [0.25, 0.3) is 0 Å². The van der Waals surface area contributed by atoms with Gasteiger partial charge in [0.2, 0.25) is 0 Å². The molecule has 0 atom stereocenters. The maximum Gasteiger partial charge on any atom is 0.161 e. The zero-order valence-corrected chi connectivity index (χ0v) is 12.2. The molecule has 0 unspecified atom stereocenters. The van der Waals surface area contributed by atoms with Crippen LogP contribution in [-0.2, 0) is 13.2 Å². The summed E-state index contributed by atoms with van der Waals surface area (Å²) in [5, 5.41) is 8.87. The van der Waals surface area contributed by atoms with E-state index in [2.05, 4.69) is 6.07 Å². The Morgan fingerprint density at radius 1 is 1.14 bits per heavy atom. The minimum absolute atomic E-state index is 0.426. The lowest BCUT2D eigenvalue weighted by atomic mass is 10.1. The van der Waals surface area contributed by atoms with Gasteiger partial charge in [-0.2, -0.15) is 5.26 Å². The van der Waals surface area contributed by atoms with Gasteiger partial charge >= 0.3 is 0 Å². The molecule has 0 aliphatic carbocycles. The van der Waals surface area contributed by atoms with E-state index in [1.807, 2.05) is 37.3 Å². The second-order valence-corrected chi connectivity index (χ2v) is 4.73. The van der Waals surface area contributed by atoms with Gasteiger partial charge in [0.05, 0.1) is 18.7 Å². The predicted molar refractivity (Wildman–Crippen MR) is 81.1 cm³/mol. The van der Waals surface area contributed by atoms with Crippen LogP contribution in [0.4, 0.5) is 0 Å². The lowest BCUT2D eigenvalue weighted by Crippen LogP contribution is -2.02. The van der Waals surface area contributed by atoms with Crippen LogP contribution in [0.5, 0.6) is 11.5 Å². The summed E-state index contributed by atoms with van der Waals surface area (Å²) < 4.78 is 11.1. The molecule has 21 heavy (non-hydrogen) atoms. The largest absolute Gasteiger partial charge is 0.493 e. The Kier molecular flexibility index (Phi) is 4.81. The minimum atomic E-state index is 0.426. The Balaban J connectivity index is 2.15. The standard InChI is InChI=1S/C17H18N2O2/c1-12-7-13(9-18)3-5-15(12)11-21-16-6-4-14(10-19)8-17(16)20-2/h3-8H,10-11,19H2,1-2H3. The van der Waals surface area contributed by atoms with Gasteiger partial charge in [0, 0.05) is 6.54 Å². The SMILES string of the molecule is COc1cc(CN)ccc1OCc1ccc(C#N)cc1C. The van der Waals surface area contributed by atoms with Gasteiger partial charge in [0.1, 0.15) is 6.61 Å². The summed E-state index contributed by atoms with van der Waals surface area (Å²) >= 11 is 0. The van der Waals surface area contributed by atoms with Gasteiger partial charge in [0.15, 0.2) is 11.5 Å². The maximum atomic E-state index is 8.87. The molecule has 4 nitrogen and oxygen atoms in total. The molecule has 2 aromatic carbocycles. The summed E-state index contributed by atoms with van der Waals surface area (Å²) in [5.74, 6) is 1.35. The number of nitriles is 1. The van der Waals surface area contributed by atoms with Gasteiger partial charge in [-0.1, -0.05) is 12.1 Å². The van der Waals surface area contributed by atoms with E-state index in [9.17, 15) is 0 Å². The molecule has 0 bridgehead atoms. The topological polar surface area (TPSA) is 68.3 Å². The number of methoxy groups -OCH3 is 1. The molecule has 2 N–H and O–H groups in total. The molecule has 0 saturated heterocycles. The Labute approximate surface area is 124 Å². The number of aryl methyl sites for hydroxylation is 1. The van der Waals surface area contributed by atoms with E-state index in [1.165, 1.54) is 0 Å². The minimum Gasteiger partial charge on any atom is -0.493 e. The van der Waals surface area contributed by atoms with E-state index in [0.717, 1.165) is 16.7 Å². The molecule has 4 heteroatoms. The van der Waals surface area contributed by atoms with Gasteiger partial charge in [-0.15, -0.1) is 0 Å². The van der Waals surface area contributed by atoms with E-state index in [-0.39, 0.29) is 0 Å². The first-order valence-electron chi connectivity index (χ1n) is 6.67. The molecule has 0 radical (unpaired) electrons. The van der Waals surface area contributed by atoms with Crippen LogP contribution in [0.15, 0.2) is 36.4 Å². The molecular weight excluding hydrogens is 264 g/mol. The maximum absolute atomic E-state index is 8.87. The molecule has 2 aromatic rings. The highest BCUT2D eigenvalue weighted by atomic mass is 16.5. The van der Waals surface area contributed by atoms with Crippen LogP contribution in [-0.4, -0.2) is 7.11 Å². The zero-order valence-electron chi connectivity index (χ0n) is 12.2. The Hall–Kier alpha value is -2.51. The van der Waals surface area contributed by atoms with Gasteiger partial charge in [0.25, 0.3) is 0 Å². The first-order chi connectivity index (χ1) is 10.2. The van der Waals surface area contributed by atoms with Crippen molar-refractivity contribution in [2.75, 3.05) is 7.11 Å². The molecule has 0 amide bonds. The van der Waals surface area contributed by atoms with Crippen molar-refractivity contribution >= 4 is 0 Å². The molecule has 0 spiro atoms. The quantitative estimate of drug-likeness (QED) is 0.915. The number of hydrogen-bond donors (Lipinski definition) is 1. The highest BCUT2D eigenvalue weighted by Gasteiger charge is 2.07. The van der Waals surface area contributed by atoms with Crippen LogP contribution in [0.2, 0.25) is 0 Å².